The lowest BCUT2D eigenvalue weighted by Crippen LogP contribution is -2.38. The summed E-state index contributed by atoms with van der Waals surface area (Å²) in [4.78, 5) is 29.5. The Labute approximate surface area is 133 Å². The number of pyridine rings is 1. The second-order valence-corrected chi connectivity index (χ2v) is 6.14. The van der Waals surface area contributed by atoms with Gasteiger partial charge in [0, 0.05) is 38.1 Å². The van der Waals surface area contributed by atoms with Gasteiger partial charge in [0.25, 0.3) is 5.91 Å². The number of amides is 1. The van der Waals surface area contributed by atoms with Crippen molar-refractivity contribution in [3.8, 4) is 0 Å². The maximum Gasteiger partial charge on any atom is 0.303 e. The summed E-state index contributed by atoms with van der Waals surface area (Å²) in [6, 6.07) is 1.84. The van der Waals surface area contributed by atoms with Crippen LogP contribution >= 0.6 is 0 Å². The average molecular weight is 316 g/mol. The van der Waals surface area contributed by atoms with E-state index in [9.17, 15) is 9.59 Å². The Balaban J connectivity index is 1.74. The van der Waals surface area contributed by atoms with E-state index >= 15 is 0 Å². The van der Waals surface area contributed by atoms with Gasteiger partial charge in [0.2, 0.25) is 0 Å². The smallest absolute Gasteiger partial charge is 0.303 e. The van der Waals surface area contributed by atoms with E-state index in [0.29, 0.717) is 18.7 Å². The Morgan fingerprint density at radius 3 is 2.70 bits per heavy atom. The van der Waals surface area contributed by atoms with E-state index < -0.39 is 5.97 Å². The van der Waals surface area contributed by atoms with Crippen LogP contribution in [0.1, 0.15) is 35.3 Å². The molecule has 1 amide bonds. The molecule has 1 saturated heterocycles. The van der Waals surface area contributed by atoms with Gasteiger partial charge in [-0.1, -0.05) is 0 Å². The quantitative estimate of drug-likeness (QED) is 0.929. The highest BCUT2D eigenvalue weighted by Crippen LogP contribution is 2.23. The molecule has 1 aliphatic heterocycles. The zero-order chi connectivity index (χ0) is 16.6. The molecular formula is C16H20N4O3. The summed E-state index contributed by atoms with van der Waals surface area (Å²) in [6.07, 6.45) is 3.25. The van der Waals surface area contributed by atoms with E-state index in [1.807, 2.05) is 20.0 Å². The molecule has 1 aliphatic rings. The number of carboxylic acid groups (broad SMARTS) is 1. The lowest BCUT2D eigenvalue weighted by Gasteiger charge is -2.31. The standard InChI is InChI=1S/C16H20N4O3/c1-10-13-8-12(9-17-15(13)19(2)18-10)16(23)20-5-3-11(4-6-20)7-14(21)22/h8-9,11H,3-7H2,1-2H3,(H,21,22). The number of likely N-dealkylation sites (tertiary alicyclic amines) is 1. The van der Waals surface area contributed by atoms with Crippen molar-refractivity contribution in [3.63, 3.8) is 0 Å². The molecular weight excluding hydrogens is 296 g/mol. The lowest BCUT2D eigenvalue weighted by atomic mass is 9.93. The van der Waals surface area contributed by atoms with Crippen LogP contribution in [-0.4, -0.2) is 49.7 Å². The van der Waals surface area contributed by atoms with Crippen LogP contribution in [0.3, 0.4) is 0 Å². The predicted octanol–water partition coefficient (Wildman–Crippen LogP) is 1.60. The third-order valence-corrected chi connectivity index (χ3v) is 4.47. The van der Waals surface area contributed by atoms with Gasteiger partial charge in [-0.15, -0.1) is 0 Å². The number of fused-ring (bicyclic) bond motifs is 1. The van der Waals surface area contributed by atoms with E-state index in [4.69, 9.17) is 5.11 Å². The lowest BCUT2D eigenvalue weighted by molar-refractivity contribution is -0.138. The van der Waals surface area contributed by atoms with E-state index in [0.717, 1.165) is 29.6 Å². The van der Waals surface area contributed by atoms with E-state index in [1.165, 1.54) is 0 Å². The van der Waals surface area contributed by atoms with Gasteiger partial charge in [0.15, 0.2) is 5.65 Å². The second-order valence-electron chi connectivity index (χ2n) is 6.14. The Kier molecular flexibility index (Phi) is 4.02. The molecule has 1 fully saturated rings. The van der Waals surface area contributed by atoms with Crippen LogP contribution in [0.5, 0.6) is 0 Å². The van der Waals surface area contributed by atoms with Gasteiger partial charge >= 0.3 is 5.97 Å². The minimum Gasteiger partial charge on any atom is -0.481 e. The van der Waals surface area contributed by atoms with Crippen LogP contribution in [0.2, 0.25) is 0 Å². The summed E-state index contributed by atoms with van der Waals surface area (Å²) < 4.78 is 1.70. The van der Waals surface area contributed by atoms with Crippen molar-refractivity contribution >= 4 is 22.9 Å². The fourth-order valence-electron chi connectivity index (χ4n) is 3.19. The molecule has 0 saturated carbocycles. The number of carbonyl (C=O) groups is 2. The highest BCUT2D eigenvalue weighted by molar-refractivity contribution is 5.97. The van der Waals surface area contributed by atoms with Crippen molar-refractivity contribution in [3.05, 3.63) is 23.5 Å². The van der Waals surface area contributed by atoms with Gasteiger partial charge in [0.05, 0.1) is 11.3 Å². The fraction of sp³-hybridized carbons (Fsp3) is 0.500. The third-order valence-electron chi connectivity index (χ3n) is 4.47. The second kappa shape index (κ2) is 5.98. The molecule has 0 atom stereocenters. The van der Waals surface area contributed by atoms with Gasteiger partial charge in [0.1, 0.15) is 0 Å². The monoisotopic (exact) mass is 316 g/mol. The first kappa shape index (κ1) is 15.5. The van der Waals surface area contributed by atoms with Gasteiger partial charge in [-0.2, -0.15) is 5.10 Å². The summed E-state index contributed by atoms with van der Waals surface area (Å²) in [7, 11) is 1.83. The molecule has 2 aromatic rings. The molecule has 7 nitrogen and oxygen atoms in total. The molecule has 122 valence electrons. The molecule has 0 bridgehead atoms. The van der Waals surface area contributed by atoms with E-state index in [1.54, 1.807) is 15.8 Å². The van der Waals surface area contributed by atoms with Crippen LogP contribution in [0.25, 0.3) is 11.0 Å². The van der Waals surface area contributed by atoms with Crippen LogP contribution < -0.4 is 0 Å². The summed E-state index contributed by atoms with van der Waals surface area (Å²) in [5.74, 6) is -0.648. The van der Waals surface area contributed by atoms with Crippen molar-refractivity contribution < 1.29 is 14.7 Å². The number of piperidine rings is 1. The molecule has 0 aromatic carbocycles. The number of aromatic nitrogens is 3. The SMILES string of the molecule is Cc1nn(C)c2ncc(C(=O)N3CCC(CC(=O)O)CC3)cc12. The molecule has 0 aliphatic carbocycles. The Hall–Kier alpha value is -2.44. The number of carbonyl (C=O) groups excluding carboxylic acids is 1. The predicted molar refractivity (Wildman–Crippen MR) is 84.1 cm³/mol. The molecule has 2 aromatic heterocycles. The molecule has 0 radical (unpaired) electrons. The van der Waals surface area contributed by atoms with Crippen molar-refractivity contribution in [2.45, 2.75) is 26.2 Å². The van der Waals surface area contributed by atoms with Gasteiger partial charge in [-0.3, -0.25) is 14.3 Å². The fourth-order valence-corrected chi connectivity index (χ4v) is 3.19. The van der Waals surface area contributed by atoms with Gasteiger partial charge in [-0.25, -0.2) is 4.98 Å². The highest BCUT2D eigenvalue weighted by atomic mass is 16.4. The molecule has 7 heteroatoms. The van der Waals surface area contributed by atoms with Crippen molar-refractivity contribution in [2.75, 3.05) is 13.1 Å². The number of aliphatic carboxylic acids is 1. The first-order chi connectivity index (χ1) is 11.0. The highest BCUT2D eigenvalue weighted by Gasteiger charge is 2.25. The summed E-state index contributed by atoms with van der Waals surface area (Å²) >= 11 is 0. The van der Waals surface area contributed by atoms with Crippen LogP contribution in [0.4, 0.5) is 0 Å². The van der Waals surface area contributed by atoms with E-state index in [-0.39, 0.29) is 18.2 Å². The number of rotatable bonds is 3. The van der Waals surface area contributed by atoms with Gasteiger partial charge < -0.3 is 10.0 Å². The Bertz CT molecular complexity index is 760. The van der Waals surface area contributed by atoms with Gasteiger partial charge in [-0.05, 0) is 31.7 Å². The minimum atomic E-state index is -0.767. The third kappa shape index (κ3) is 3.04. The van der Waals surface area contributed by atoms with Crippen molar-refractivity contribution in [1.29, 1.82) is 0 Å². The zero-order valence-electron chi connectivity index (χ0n) is 13.3. The molecule has 23 heavy (non-hydrogen) atoms. The number of hydrogen-bond donors (Lipinski definition) is 1. The number of nitrogens with zero attached hydrogens (tertiary/aromatic N) is 4. The summed E-state index contributed by atoms with van der Waals surface area (Å²) in [6.45, 7) is 3.09. The number of carboxylic acids is 1. The molecule has 0 unspecified atom stereocenters. The van der Waals surface area contributed by atoms with Crippen LogP contribution in [0.15, 0.2) is 12.3 Å². The van der Waals surface area contributed by atoms with Crippen LogP contribution in [-0.2, 0) is 11.8 Å². The summed E-state index contributed by atoms with van der Waals surface area (Å²) in [5, 5.41) is 14.1. The first-order valence-corrected chi connectivity index (χ1v) is 7.76. The maximum absolute atomic E-state index is 12.6. The largest absolute Gasteiger partial charge is 0.481 e. The molecule has 3 heterocycles. The number of hydrogen-bond acceptors (Lipinski definition) is 4. The minimum absolute atomic E-state index is 0.0450. The van der Waals surface area contributed by atoms with E-state index in [2.05, 4.69) is 10.1 Å². The Morgan fingerprint density at radius 2 is 2.04 bits per heavy atom. The molecule has 1 N–H and O–H groups in total. The normalized spacial score (nSPS) is 16.0. The summed E-state index contributed by atoms with van der Waals surface area (Å²) in [5.41, 5.74) is 2.18. The zero-order valence-corrected chi connectivity index (χ0v) is 13.3. The van der Waals surface area contributed by atoms with Crippen molar-refractivity contribution in [2.24, 2.45) is 13.0 Å². The van der Waals surface area contributed by atoms with Crippen LogP contribution in [0, 0.1) is 12.8 Å². The topological polar surface area (TPSA) is 88.3 Å². The molecule has 3 rings (SSSR count). The average Bonchev–Trinajstić information content (AvgIpc) is 2.81. The van der Waals surface area contributed by atoms with Crippen molar-refractivity contribution in [1.82, 2.24) is 19.7 Å². The Morgan fingerprint density at radius 1 is 1.35 bits per heavy atom. The number of aryl methyl sites for hydroxylation is 2. The maximum atomic E-state index is 12.6. The molecule has 0 spiro atoms. The first-order valence-electron chi connectivity index (χ1n) is 7.76.